The first kappa shape index (κ1) is 46.7. The molecule has 0 radical (unpaired) electrons. The Balaban J connectivity index is 0.00000372. The zero-order chi connectivity index (χ0) is 40.4. The molecule has 0 saturated heterocycles. The predicted molar refractivity (Wildman–Crippen MR) is 208 cm³/mol. The Morgan fingerprint density at radius 2 is 0.862 bits per heavy atom. The molecule has 0 unspecified atom stereocenters. The summed E-state index contributed by atoms with van der Waals surface area (Å²) < 4.78 is 80.8. The topological polar surface area (TPSA) is 223 Å². The van der Waals surface area contributed by atoms with Gasteiger partial charge in [0.25, 0.3) is 20.2 Å². The molecule has 290 valence electrons. The molecule has 0 aliphatic carbocycles. The summed E-state index contributed by atoms with van der Waals surface area (Å²) in [5.41, 5.74) is 2.86. The zero-order valence-corrected chi connectivity index (χ0v) is 38.3. The molecule has 0 aromatic heterocycles. The summed E-state index contributed by atoms with van der Waals surface area (Å²) >= 11 is 0. The van der Waals surface area contributed by atoms with Crippen molar-refractivity contribution in [2.45, 2.75) is 50.3 Å². The molecule has 0 heterocycles. The number of benzene rings is 6. The van der Waals surface area contributed by atoms with Gasteiger partial charge in [0.2, 0.25) is 0 Å². The van der Waals surface area contributed by atoms with E-state index in [1.807, 2.05) is 27.7 Å². The maximum atomic E-state index is 13.3. The van der Waals surface area contributed by atoms with Crippen LogP contribution in [0.4, 0.5) is 22.7 Å². The second kappa shape index (κ2) is 19.4. The first-order chi connectivity index (χ1) is 26.6. The van der Waals surface area contributed by atoms with Crippen LogP contribution in [-0.4, -0.2) is 39.2 Å². The zero-order valence-electron chi connectivity index (χ0n) is 32.7. The van der Waals surface area contributed by atoms with Gasteiger partial charge in [0.05, 0.1) is 24.6 Å². The number of aryl methyl sites for hydroxylation is 2. The van der Waals surface area contributed by atoms with Crippen molar-refractivity contribution in [3.63, 3.8) is 0 Å². The molecule has 14 nitrogen and oxygen atoms in total. The largest absolute Gasteiger partial charge is 1.00 e. The Bertz CT molecular complexity index is 2610. The third-order valence-electron chi connectivity index (χ3n) is 8.79. The first-order valence-corrected chi connectivity index (χ1v) is 20.3. The number of hydrogen-bond acceptors (Lipinski definition) is 12. The van der Waals surface area contributed by atoms with E-state index in [-0.39, 0.29) is 103 Å². The molecule has 0 fully saturated rings. The van der Waals surface area contributed by atoms with Crippen LogP contribution in [0.25, 0.3) is 32.7 Å². The Kier molecular flexibility index (Phi) is 15.6. The van der Waals surface area contributed by atoms with Gasteiger partial charge in [0.1, 0.15) is 32.7 Å². The van der Waals surface area contributed by atoms with Gasteiger partial charge in [-0.1, -0.05) is 73.9 Å². The van der Waals surface area contributed by atoms with Crippen LogP contribution in [0, 0.1) is 13.8 Å². The van der Waals surface area contributed by atoms with E-state index in [4.69, 9.17) is 9.47 Å². The molecule has 0 aliphatic heterocycles. The van der Waals surface area contributed by atoms with Crippen LogP contribution < -0.4 is 78.8 Å². The number of fused-ring (bicyclic) bond motifs is 2. The van der Waals surface area contributed by atoms with E-state index in [1.54, 1.807) is 48.5 Å². The van der Waals surface area contributed by atoms with Gasteiger partial charge >= 0.3 is 59.1 Å². The van der Waals surface area contributed by atoms with Gasteiger partial charge in [0.15, 0.2) is 0 Å². The van der Waals surface area contributed by atoms with Gasteiger partial charge in [0, 0.05) is 10.8 Å². The van der Waals surface area contributed by atoms with Crippen LogP contribution in [0.15, 0.2) is 115 Å². The van der Waals surface area contributed by atoms with Gasteiger partial charge in [-0.25, -0.2) is 0 Å². The predicted octanol–water partition coefficient (Wildman–Crippen LogP) is 3.33. The fraction of sp³-hybridized carbons (Fsp3) is 0.200. The van der Waals surface area contributed by atoms with Crippen molar-refractivity contribution in [2.24, 2.45) is 20.5 Å². The Hall–Kier alpha value is -3.94. The molecular weight excluding hydrogens is 807 g/mol. The fourth-order valence-corrected chi connectivity index (χ4v) is 7.56. The molecule has 6 aromatic rings. The molecule has 0 atom stereocenters. The van der Waals surface area contributed by atoms with Crippen molar-refractivity contribution < 1.29 is 105 Å². The summed E-state index contributed by atoms with van der Waals surface area (Å²) in [7, 11) is -9.40. The Labute approximate surface area is 380 Å². The van der Waals surface area contributed by atoms with Gasteiger partial charge in [-0.2, -0.15) is 27.1 Å². The number of hydrogen-bond donors (Lipinski definition) is 2. The van der Waals surface area contributed by atoms with Crippen molar-refractivity contribution >= 4 is 64.5 Å². The quantitative estimate of drug-likeness (QED) is 0.0981. The minimum absolute atomic E-state index is 0. The third-order valence-corrected chi connectivity index (χ3v) is 10.6. The smallest absolute Gasteiger partial charge is 0.871 e. The van der Waals surface area contributed by atoms with Crippen LogP contribution in [0.3, 0.4) is 0 Å². The fourth-order valence-electron chi connectivity index (χ4n) is 6.13. The summed E-state index contributed by atoms with van der Waals surface area (Å²) in [6, 6.07) is 20.9. The molecule has 0 saturated carbocycles. The van der Waals surface area contributed by atoms with Gasteiger partial charge < -0.3 is 19.7 Å². The van der Waals surface area contributed by atoms with Gasteiger partial charge in [-0.3, -0.25) is 9.11 Å². The SMILES string of the molecule is CCCOc1cc(-c2cc(OCCC)c(N=Nc3cc(S(=O)(=O)O)c4ccccc4c3[O-])cc2C)c(C)cc1N=Nc1cc(S(=O)(=O)O)c2ccccc2c1[O-].[Na+].[Na+]. The summed E-state index contributed by atoms with van der Waals surface area (Å²) in [6.07, 6.45) is 1.32. The number of ether oxygens (including phenoxy) is 2. The van der Waals surface area contributed by atoms with E-state index in [2.05, 4.69) is 20.5 Å². The first-order valence-electron chi connectivity index (χ1n) is 17.4. The van der Waals surface area contributed by atoms with E-state index in [9.17, 15) is 36.2 Å². The monoisotopic (exact) mass is 842 g/mol. The maximum absolute atomic E-state index is 13.3. The third kappa shape index (κ3) is 10.1. The van der Waals surface area contributed by atoms with Gasteiger partial charge in [-0.05, 0) is 96.1 Å². The van der Waals surface area contributed by atoms with Crippen LogP contribution in [0.2, 0.25) is 0 Å². The van der Waals surface area contributed by atoms with Crippen LogP contribution in [0.1, 0.15) is 37.8 Å². The van der Waals surface area contributed by atoms with Crippen LogP contribution in [0.5, 0.6) is 23.0 Å². The molecule has 2 N–H and O–H groups in total. The van der Waals surface area contributed by atoms with Crippen LogP contribution >= 0.6 is 0 Å². The summed E-state index contributed by atoms with van der Waals surface area (Å²) in [6.45, 7) is 8.17. The van der Waals surface area contributed by atoms with Gasteiger partial charge in [-0.15, -0.1) is 10.2 Å². The molecule has 0 spiro atoms. The van der Waals surface area contributed by atoms with E-state index in [1.165, 1.54) is 24.3 Å². The molecule has 58 heavy (non-hydrogen) atoms. The average molecular weight is 843 g/mol. The number of nitrogens with zero attached hydrogens (tertiary/aromatic N) is 4. The second-order valence-electron chi connectivity index (χ2n) is 12.9. The summed E-state index contributed by atoms with van der Waals surface area (Å²) in [5, 5.41) is 43.6. The Morgan fingerprint density at radius 3 is 1.19 bits per heavy atom. The van der Waals surface area contributed by atoms with Crippen molar-refractivity contribution in [1.82, 2.24) is 0 Å². The summed E-state index contributed by atoms with van der Waals surface area (Å²) in [4.78, 5) is -0.937. The number of rotatable bonds is 13. The molecule has 6 aromatic carbocycles. The molecule has 6 rings (SSSR count). The van der Waals surface area contributed by atoms with Crippen molar-refractivity contribution in [1.29, 1.82) is 0 Å². The van der Waals surface area contributed by atoms with E-state index in [0.29, 0.717) is 37.6 Å². The minimum atomic E-state index is -4.70. The maximum Gasteiger partial charge on any atom is 1.00 e. The van der Waals surface area contributed by atoms with Crippen molar-refractivity contribution in [2.75, 3.05) is 13.2 Å². The second-order valence-corrected chi connectivity index (χ2v) is 15.6. The van der Waals surface area contributed by atoms with E-state index >= 15 is 0 Å². The minimum Gasteiger partial charge on any atom is -0.871 e. The normalized spacial score (nSPS) is 11.9. The number of azo groups is 2. The van der Waals surface area contributed by atoms with E-state index < -0.39 is 41.5 Å². The molecule has 0 bridgehead atoms. The molecular formula is C40H36N4Na2O10S2. The Morgan fingerprint density at radius 1 is 0.534 bits per heavy atom. The molecule has 0 aliphatic rings. The summed E-state index contributed by atoms with van der Waals surface area (Å²) in [5.74, 6) is -0.487. The van der Waals surface area contributed by atoms with Crippen molar-refractivity contribution in [3.05, 3.63) is 96.1 Å². The van der Waals surface area contributed by atoms with Crippen LogP contribution in [-0.2, 0) is 20.2 Å². The van der Waals surface area contributed by atoms with E-state index in [0.717, 1.165) is 34.4 Å². The molecule has 0 amide bonds. The average Bonchev–Trinajstić information content (AvgIpc) is 3.16. The standard InChI is InChI=1S/C40H38N4O10S2.2Na/c1-5-15-53-35-19-29(23(3)17-31(35)41-43-33-21-37(55(47,48)49)25-11-7-9-13-27(25)39(33)45)30-20-36(54-16-6-2)32(18-24(30)4)42-44-34-22-38(56(50,51)52)26-12-8-10-14-28(26)40(34)46;;/h7-14,17-22,45-46H,5-6,15-16H2,1-4H3,(H,47,48,49)(H,50,51,52);;/q;2*+1/p-2. The molecule has 18 heteroatoms. The van der Waals surface area contributed by atoms with Crippen molar-refractivity contribution in [3.8, 4) is 34.1 Å².